The fraction of sp³-hybridized carbons (Fsp3) is 0.143. The maximum atomic E-state index is 11.9. The lowest BCUT2D eigenvalue weighted by molar-refractivity contribution is 0.486. The lowest BCUT2D eigenvalue weighted by Gasteiger charge is -1.96. The predicted molar refractivity (Wildman–Crippen MR) is 34.5 cm³/mol. The van der Waals surface area contributed by atoms with Crippen molar-refractivity contribution in [1.29, 1.82) is 0 Å². The number of halogens is 1. The zero-order valence-electron chi connectivity index (χ0n) is 4.89. The average Bonchev–Trinajstić information content (AvgIpc) is 1.89. The number of nitrogen functional groups attached to an aromatic ring is 1. The van der Waals surface area contributed by atoms with Gasteiger partial charge in [-0.15, -0.1) is 0 Å². The standard InChI is InChI=1S/C7H7FN/c8-5-6-3-1-2-4-7(6)9/h2-4H,5,9H2. The normalized spacial score (nSPS) is 9.44. The van der Waals surface area contributed by atoms with Crippen LogP contribution in [0.4, 0.5) is 10.1 Å². The van der Waals surface area contributed by atoms with Crippen molar-refractivity contribution in [3.8, 4) is 0 Å². The molecular formula is C7H7FN. The van der Waals surface area contributed by atoms with Crippen molar-refractivity contribution in [2.45, 2.75) is 6.67 Å². The molecule has 0 unspecified atom stereocenters. The van der Waals surface area contributed by atoms with E-state index in [1.807, 2.05) is 0 Å². The first-order valence-electron chi connectivity index (χ1n) is 2.65. The maximum Gasteiger partial charge on any atom is 0.117 e. The summed E-state index contributed by atoms with van der Waals surface area (Å²) in [5.74, 6) is 0. The summed E-state index contributed by atoms with van der Waals surface area (Å²) in [4.78, 5) is 0. The second-order valence-electron chi connectivity index (χ2n) is 1.76. The Balaban J connectivity index is 3.01. The van der Waals surface area contributed by atoms with Crippen LogP contribution in [-0.2, 0) is 6.67 Å². The van der Waals surface area contributed by atoms with Gasteiger partial charge in [-0.2, -0.15) is 0 Å². The largest absolute Gasteiger partial charge is 0.398 e. The van der Waals surface area contributed by atoms with Crippen LogP contribution in [-0.4, -0.2) is 0 Å². The number of alkyl halides is 1. The molecule has 0 saturated heterocycles. The summed E-state index contributed by atoms with van der Waals surface area (Å²) in [6.45, 7) is -0.511. The van der Waals surface area contributed by atoms with Gasteiger partial charge in [0.25, 0.3) is 0 Å². The smallest absolute Gasteiger partial charge is 0.117 e. The second-order valence-corrected chi connectivity index (χ2v) is 1.76. The molecule has 0 aliphatic heterocycles. The summed E-state index contributed by atoms with van der Waals surface area (Å²) >= 11 is 0. The van der Waals surface area contributed by atoms with Crippen LogP contribution in [0.3, 0.4) is 0 Å². The van der Waals surface area contributed by atoms with Crippen LogP contribution in [0.5, 0.6) is 0 Å². The van der Waals surface area contributed by atoms with E-state index in [9.17, 15) is 4.39 Å². The highest BCUT2D eigenvalue weighted by molar-refractivity contribution is 5.45. The Kier molecular flexibility index (Phi) is 1.68. The van der Waals surface area contributed by atoms with E-state index in [1.165, 1.54) is 0 Å². The van der Waals surface area contributed by atoms with Crippen molar-refractivity contribution in [2.24, 2.45) is 0 Å². The molecule has 0 bridgehead atoms. The molecule has 0 amide bonds. The first-order valence-corrected chi connectivity index (χ1v) is 2.65. The number of benzene rings is 1. The molecule has 1 aromatic carbocycles. The van der Waals surface area contributed by atoms with Gasteiger partial charge in [0.05, 0.1) is 0 Å². The molecule has 0 atom stereocenters. The average molecular weight is 124 g/mol. The topological polar surface area (TPSA) is 26.0 Å². The molecule has 0 fully saturated rings. The highest BCUT2D eigenvalue weighted by atomic mass is 19.1. The molecule has 0 aliphatic rings. The van der Waals surface area contributed by atoms with Crippen LogP contribution in [0.2, 0.25) is 0 Å². The monoisotopic (exact) mass is 124 g/mol. The third-order valence-corrected chi connectivity index (χ3v) is 1.13. The zero-order valence-corrected chi connectivity index (χ0v) is 4.89. The minimum Gasteiger partial charge on any atom is -0.398 e. The molecule has 1 nitrogen and oxygen atoms in total. The number of hydrogen-bond acceptors (Lipinski definition) is 1. The van der Waals surface area contributed by atoms with E-state index < -0.39 is 6.67 Å². The molecule has 47 valence electrons. The van der Waals surface area contributed by atoms with E-state index in [2.05, 4.69) is 6.07 Å². The zero-order chi connectivity index (χ0) is 6.69. The number of anilines is 1. The van der Waals surface area contributed by atoms with Crippen molar-refractivity contribution in [3.05, 3.63) is 29.8 Å². The van der Waals surface area contributed by atoms with Crippen molar-refractivity contribution >= 4 is 5.69 Å². The van der Waals surface area contributed by atoms with Crippen molar-refractivity contribution < 1.29 is 4.39 Å². The first kappa shape index (κ1) is 6.08. The van der Waals surface area contributed by atoms with Crippen LogP contribution < -0.4 is 5.73 Å². The van der Waals surface area contributed by atoms with Gasteiger partial charge in [0.1, 0.15) is 6.67 Å². The SMILES string of the molecule is Nc1cc[c]cc1CF. The summed E-state index contributed by atoms with van der Waals surface area (Å²) in [5.41, 5.74) is 6.38. The highest BCUT2D eigenvalue weighted by Crippen LogP contribution is 2.10. The molecule has 0 aromatic heterocycles. The Morgan fingerprint density at radius 1 is 1.67 bits per heavy atom. The summed E-state index contributed by atoms with van der Waals surface area (Å²) in [7, 11) is 0. The van der Waals surface area contributed by atoms with E-state index in [1.54, 1.807) is 18.2 Å². The molecule has 2 N–H and O–H groups in total. The molecule has 0 heterocycles. The number of hydrogen-bond donors (Lipinski definition) is 1. The Hall–Kier alpha value is -1.05. The van der Waals surface area contributed by atoms with Gasteiger partial charge in [-0.3, -0.25) is 0 Å². The molecule has 1 radical (unpaired) electrons. The molecule has 1 aromatic rings. The minimum absolute atomic E-state index is 0.497. The van der Waals surface area contributed by atoms with Gasteiger partial charge in [-0.05, 0) is 18.2 Å². The Labute approximate surface area is 53.3 Å². The van der Waals surface area contributed by atoms with Gasteiger partial charge in [0, 0.05) is 11.3 Å². The van der Waals surface area contributed by atoms with E-state index in [0.29, 0.717) is 11.3 Å². The van der Waals surface area contributed by atoms with Gasteiger partial charge in [-0.25, -0.2) is 4.39 Å². The van der Waals surface area contributed by atoms with E-state index in [-0.39, 0.29) is 0 Å². The van der Waals surface area contributed by atoms with Crippen LogP contribution in [0.25, 0.3) is 0 Å². The molecule has 1 rings (SSSR count). The Morgan fingerprint density at radius 3 is 2.89 bits per heavy atom. The molecule has 9 heavy (non-hydrogen) atoms. The van der Waals surface area contributed by atoms with E-state index in [4.69, 9.17) is 5.73 Å². The molecule has 0 spiro atoms. The molecule has 2 heteroatoms. The van der Waals surface area contributed by atoms with Gasteiger partial charge in [0.2, 0.25) is 0 Å². The second kappa shape index (κ2) is 2.49. The molecular weight excluding hydrogens is 117 g/mol. The minimum atomic E-state index is -0.511. The lowest BCUT2D eigenvalue weighted by Crippen LogP contribution is -1.89. The summed E-state index contributed by atoms with van der Waals surface area (Å²) in [6, 6.07) is 7.58. The van der Waals surface area contributed by atoms with Crippen LogP contribution in [0.15, 0.2) is 18.2 Å². The predicted octanol–water partition coefficient (Wildman–Crippen LogP) is 1.54. The quantitative estimate of drug-likeness (QED) is 0.564. The summed E-state index contributed by atoms with van der Waals surface area (Å²) in [5, 5.41) is 0. The Morgan fingerprint density at radius 2 is 2.44 bits per heavy atom. The lowest BCUT2D eigenvalue weighted by atomic mass is 10.2. The number of rotatable bonds is 1. The third-order valence-electron chi connectivity index (χ3n) is 1.13. The van der Waals surface area contributed by atoms with Crippen molar-refractivity contribution in [3.63, 3.8) is 0 Å². The summed E-state index contributed by atoms with van der Waals surface area (Å²) in [6.07, 6.45) is 0. The summed E-state index contributed by atoms with van der Waals surface area (Å²) < 4.78 is 11.9. The van der Waals surface area contributed by atoms with Gasteiger partial charge < -0.3 is 5.73 Å². The van der Waals surface area contributed by atoms with Gasteiger partial charge >= 0.3 is 0 Å². The fourth-order valence-corrected chi connectivity index (χ4v) is 0.593. The van der Waals surface area contributed by atoms with E-state index in [0.717, 1.165) is 0 Å². The van der Waals surface area contributed by atoms with Gasteiger partial charge in [0.15, 0.2) is 0 Å². The maximum absolute atomic E-state index is 11.9. The van der Waals surface area contributed by atoms with Crippen LogP contribution in [0, 0.1) is 6.07 Å². The van der Waals surface area contributed by atoms with Crippen LogP contribution in [0.1, 0.15) is 5.56 Å². The third kappa shape index (κ3) is 1.19. The van der Waals surface area contributed by atoms with E-state index >= 15 is 0 Å². The van der Waals surface area contributed by atoms with Crippen molar-refractivity contribution in [1.82, 2.24) is 0 Å². The fourth-order valence-electron chi connectivity index (χ4n) is 0.593. The van der Waals surface area contributed by atoms with Crippen molar-refractivity contribution in [2.75, 3.05) is 5.73 Å². The van der Waals surface area contributed by atoms with Crippen LogP contribution >= 0.6 is 0 Å². The Bertz CT molecular complexity index is 198. The molecule has 0 aliphatic carbocycles. The number of nitrogens with two attached hydrogens (primary N) is 1. The first-order chi connectivity index (χ1) is 4.34. The molecule has 0 saturated carbocycles. The highest BCUT2D eigenvalue weighted by Gasteiger charge is 1.93. The van der Waals surface area contributed by atoms with Gasteiger partial charge in [-0.1, -0.05) is 6.07 Å².